The van der Waals surface area contributed by atoms with Gasteiger partial charge >= 0.3 is 5.97 Å². The number of aromatic nitrogens is 4. The summed E-state index contributed by atoms with van der Waals surface area (Å²) in [5.74, 6) is 1.95. The van der Waals surface area contributed by atoms with Crippen LogP contribution in [0.3, 0.4) is 0 Å². The van der Waals surface area contributed by atoms with Crippen molar-refractivity contribution < 1.29 is 23.8 Å². The predicted molar refractivity (Wildman–Crippen MR) is 164 cm³/mol. The minimum Gasteiger partial charge on any atom is -0.496 e. The van der Waals surface area contributed by atoms with Crippen molar-refractivity contribution in [2.75, 3.05) is 19.5 Å². The second-order valence-electron chi connectivity index (χ2n) is 11.0. The first-order valence-corrected chi connectivity index (χ1v) is 14.4. The van der Waals surface area contributed by atoms with Crippen LogP contribution in [0, 0.1) is 6.92 Å². The van der Waals surface area contributed by atoms with Crippen molar-refractivity contribution in [1.82, 2.24) is 18.9 Å². The summed E-state index contributed by atoms with van der Waals surface area (Å²) in [4.78, 5) is 34.6. The Morgan fingerprint density at radius 3 is 2.49 bits per heavy atom. The van der Waals surface area contributed by atoms with Crippen LogP contribution in [-0.2, 0) is 16.6 Å². The number of esters is 1. The Morgan fingerprint density at radius 1 is 1.00 bits per heavy atom. The molecule has 2 aromatic carbocycles. The summed E-state index contributed by atoms with van der Waals surface area (Å²) in [7, 11) is 5.06. The van der Waals surface area contributed by atoms with Crippen LogP contribution in [0.1, 0.15) is 60.5 Å². The number of anilines is 1. The van der Waals surface area contributed by atoms with E-state index in [0.717, 1.165) is 64.9 Å². The molecule has 1 aliphatic rings. The highest BCUT2D eigenvalue weighted by Gasteiger charge is 2.29. The Hall–Kier alpha value is -4.86. The van der Waals surface area contributed by atoms with Gasteiger partial charge in [-0.2, -0.15) is 0 Å². The lowest BCUT2D eigenvalue weighted by atomic mass is 9.87. The topological polar surface area (TPSA) is 109 Å². The summed E-state index contributed by atoms with van der Waals surface area (Å²) >= 11 is 0. The number of benzene rings is 2. The van der Waals surface area contributed by atoms with Crippen molar-refractivity contribution in [3.05, 3.63) is 72.1 Å². The fourth-order valence-corrected chi connectivity index (χ4v) is 6.24. The molecule has 1 fully saturated rings. The zero-order valence-electron chi connectivity index (χ0n) is 25.0. The van der Waals surface area contributed by atoms with Gasteiger partial charge in [0, 0.05) is 43.2 Å². The molecule has 1 amide bonds. The van der Waals surface area contributed by atoms with E-state index in [4.69, 9.17) is 19.2 Å². The first-order chi connectivity index (χ1) is 20.8. The number of ether oxygens (including phenoxy) is 3. The predicted octanol–water partition coefficient (Wildman–Crippen LogP) is 6.06. The van der Waals surface area contributed by atoms with E-state index in [2.05, 4.69) is 14.7 Å². The third-order valence-electron chi connectivity index (χ3n) is 8.36. The standard InChI is InChI=1S/C33H35N5O5/c1-19-31-30(36-32(38(31)16-15-34-19)21-9-12-23(13-10-21)43-20(2)39)22-11-14-25(29(17-22)42-5)35-33(40)27-18-24-26(37(27)3)7-6-8-28(24)41-4/h6-8,11,14-18,21,23H,9-10,12-13H2,1-5H3,(H,35,40)/t21-,23-. The largest absolute Gasteiger partial charge is 0.496 e. The maximum absolute atomic E-state index is 13.4. The van der Waals surface area contributed by atoms with Gasteiger partial charge in [0.25, 0.3) is 5.91 Å². The second-order valence-corrected chi connectivity index (χ2v) is 11.0. The third kappa shape index (κ3) is 5.17. The normalized spacial score (nSPS) is 16.8. The molecule has 43 heavy (non-hydrogen) atoms. The average Bonchev–Trinajstić information content (AvgIpc) is 3.56. The van der Waals surface area contributed by atoms with Gasteiger partial charge in [-0.1, -0.05) is 12.1 Å². The van der Waals surface area contributed by atoms with Crippen molar-refractivity contribution >= 4 is 34.0 Å². The number of methoxy groups -OCH3 is 2. The molecule has 0 unspecified atom stereocenters. The Morgan fingerprint density at radius 2 is 1.77 bits per heavy atom. The number of fused-ring (bicyclic) bond motifs is 2. The van der Waals surface area contributed by atoms with Gasteiger partial charge in [-0.15, -0.1) is 0 Å². The van der Waals surface area contributed by atoms with Gasteiger partial charge in [-0.3, -0.25) is 19.0 Å². The van der Waals surface area contributed by atoms with E-state index in [-0.39, 0.29) is 23.9 Å². The van der Waals surface area contributed by atoms with E-state index >= 15 is 0 Å². The minimum absolute atomic E-state index is 0.0363. The SMILES string of the molecule is COc1cc(-c2nc([C@H]3CC[C@H](OC(C)=O)CC3)n3ccnc(C)c23)ccc1NC(=O)c1cc2c(OC)cccc2n1C. The Kier molecular flexibility index (Phi) is 7.52. The zero-order chi connectivity index (χ0) is 30.2. The van der Waals surface area contributed by atoms with Gasteiger partial charge in [0.1, 0.15) is 29.1 Å². The van der Waals surface area contributed by atoms with Gasteiger partial charge < -0.3 is 24.1 Å². The molecular formula is C33H35N5O5. The van der Waals surface area contributed by atoms with E-state index in [1.54, 1.807) is 20.4 Å². The van der Waals surface area contributed by atoms with Gasteiger partial charge in [-0.05, 0) is 62.9 Å². The van der Waals surface area contributed by atoms with Crippen LogP contribution >= 0.6 is 0 Å². The molecular weight excluding hydrogens is 546 g/mol. The Labute approximate surface area is 249 Å². The van der Waals surface area contributed by atoms with Crippen LogP contribution in [-0.4, -0.2) is 51.1 Å². The number of aryl methyl sites for hydroxylation is 2. The lowest BCUT2D eigenvalue weighted by Crippen LogP contribution is -2.23. The number of hydrogen-bond acceptors (Lipinski definition) is 7. The average molecular weight is 582 g/mol. The molecule has 3 heterocycles. The van der Waals surface area contributed by atoms with Crippen LogP contribution < -0.4 is 14.8 Å². The molecule has 5 aromatic rings. The van der Waals surface area contributed by atoms with Crippen molar-refractivity contribution in [1.29, 1.82) is 0 Å². The molecule has 10 nitrogen and oxygen atoms in total. The van der Waals surface area contributed by atoms with Gasteiger partial charge in [0.2, 0.25) is 0 Å². The highest BCUT2D eigenvalue weighted by molar-refractivity contribution is 6.08. The maximum Gasteiger partial charge on any atom is 0.302 e. The van der Waals surface area contributed by atoms with Crippen molar-refractivity contribution in [3.8, 4) is 22.8 Å². The first kappa shape index (κ1) is 28.3. The molecule has 0 bridgehead atoms. The van der Waals surface area contributed by atoms with Gasteiger partial charge in [-0.25, -0.2) is 4.98 Å². The molecule has 1 N–H and O–H groups in total. The highest BCUT2D eigenvalue weighted by Crippen LogP contribution is 2.39. The number of carbonyl (C=O) groups excluding carboxylic acids is 2. The zero-order valence-corrected chi connectivity index (χ0v) is 25.0. The first-order valence-electron chi connectivity index (χ1n) is 14.4. The van der Waals surface area contributed by atoms with Crippen molar-refractivity contribution in [2.24, 2.45) is 7.05 Å². The minimum atomic E-state index is -0.258. The number of hydrogen-bond donors (Lipinski definition) is 1. The second kappa shape index (κ2) is 11.4. The third-order valence-corrected chi connectivity index (χ3v) is 8.36. The summed E-state index contributed by atoms with van der Waals surface area (Å²) in [6.07, 6.45) is 7.10. The van der Waals surface area contributed by atoms with E-state index in [9.17, 15) is 9.59 Å². The van der Waals surface area contributed by atoms with Gasteiger partial charge in [0.15, 0.2) is 0 Å². The number of imidazole rings is 1. The van der Waals surface area contributed by atoms with Crippen LogP contribution in [0.15, 0.2) is 54.9 Å². The van der Waals surface area contributed by atoms with Crippen LogP contribution in [0.5, 0.6) is 11.5 Å². The molecule has 1 aliphatic carbocycles. The smallest absolute Gasteiger partial charge is 0.302 e. The fourth-order valence-electron chi connectivity index (χ4n) is 6.24. The van der Waals surface area contributed by atoms with Crippen LogP contribution in [0.2, 0.25) is 0 Å². The van der Waals surface area contributed by atoms with Crippen LogP contribution in [0.25, 0.3) is 27.7 Å². The Balaban J connectivity index is 1.31. The number of nitrogens with zero attached hydrogens (tertiary/aromatic N) is 4. The summed E-state index contributed by atoms with van der Waals surface area (Å²) in [6, 6.07) is 13.3. The molecule has 3 aromatic heterocycles. The molecule has 10 heteroatoms. The summed E-state index contributed by atoms with van der Waals surface area (Å²) < 4.78 is 20.7. The van der Waals surface area contributed by atoms with E-state index < -0.39 is 0 Å². The molecule has 0 atom stereocenters. The molecule has 0 saturated heterocycles. The summed E-state index contributed by atoms with van der Waals surface area (Å²) in [6.45, 7) is 3.44. The lowest BCUT2D eigenvalue weighted by Gasteiger charge is -2.27. The maximum atomic E-state index is 13.4. The summed E-state index contributed by atoms with van der Waals surface area (Å²) in [5.41, 5.74) is 5.42. The van der Waals surface area contributed by atoms with E-state index in [1.807, 2.05) is 67.2 Å². The van der Waals surface area contributed by atoms with Crippen molar-refractivity contribution in [3.63, 3.8) is 0 Å². The molecule has 0 spiro atoms. The monoisotopic (exact) mass is 581 g/mol. The fraction of sp³-hybridized carbons (Fsp3) is 0.333. The van der Waals surface area contributed by atoms with E-state index in [1.165, 1.54) is 6.92 Å². The summed E-state index contributed by atoms with van der Waals surface area (Å²) in [5, 5.41) is 3.89. The molecule has 0 aliphatic heterocycles. The lowest BCUT2D eigenvalue weighted by molar-refractivity contribution is -0.147. The number of carbonyl (C=O) groups is 2. The highest BCUT2D eigenvalue weighted by atomic mass is 16.5. The number of rotatable bonds is 7. The van der Waals surface area contributed by atoms with Crippen LogP contribution in [0.4, 0.5) is 5.69 Å². The quantitative estimate of drug-likeness (QED) is 0.233. The molecule has 222 valence electrons. The van der Waals surface area contributed by atoms with Gasteiger partial charge in [0.05, 0.1) is 42.3 Å². The molecule has 0 radical (unpaired) electrons. The molecule has 6 rings (SSSR count). The Bertz CT molecular complexity index is 1850. The number of amides is 1. The van der Waals surface area contributed by atoms with Crippen molar-refractivity contribution in [2.45, 2.75) is 51.6 Å². The van der Waals surface area contributed by atoms with E-state index in [0.29, 0.717) is 22.9 Å². The molecule has 1 saturated carbocycles. The number of nitrogens with one attached hydrogen (secondary N) is 1.